The van der Waals surface area contributed by atoms with E-state index in [1.165, 1.54) is 11.3 Å². The zero-order valence-corrected chi connectivity index (χ0v) is 15.1. The van der Waals surface area contributed by atoms with Gasteiger partial charge in [-0.05, 0) is 59.7 Å². The van der Waals surface area contributed by atoms with Gasteiger partial charge < -0.3 is 14.8 Å². The molecule has 0 aliphatic heterocycles. The second-order valence-electron chi connectivity index (χ2n) is 4.36. The summed E-state index contributed by atoms with van der Waals surface area (Å²) in [7, 11) is 1.92. The average Bonchev–Trinajstić information content (AvgIpc) is 2.84. The molecule has 0 aliphatic carbocycles. The monoisotopic (exact) mass is 389 g/mol. The van der Waals surface area contributed by atoms with Crippen molar-refractivity contribution in [3.63, 3.8) is 0 Å². The molecule has 21 heavy (non-hydrogen) atoms. The lowest BCUT2D eigenvalue weighted by atomic mass is 10.2. The van der Waals surface area contributed by atoms with E-state index in [1.54, 1.807) is 0 Å². The SMILES string of the molecule is CCOc1cc(CNC)cc(Br)c1OCc1ccc(Cl)s1. The van der Waals surface area contributed by atoms with Crippen molar-refractivity contribution in [2.45, 2.75) is 20.1 Å². The predicted molar refractivity (Wildman–Crippen MR) is 91.7 cm³/mol. The van der Waals surface area contributed by atoms with E-state index in [0.29, 0.717) is 13.2 Å². The van der Waals surface area contributed by atoms with Gasteiger partial charge in [0.2, 0.25) is 0 Å². The van der Waals surface area contributed by atoms with E-state index in [4.69, 9.17) is 21.1 Å². The van der Waals surface area contributed by atoms with E-state index in [9.17, 15) is 0 Å². The van der Waals surface area contributed by atoms with Crippen molar-refractivity contribution in [2.24, 2.45) is 0 Å². The number of hydrogen-bond donors (Lipinski definition) is 1. The molecule has 2 rings (SSSR count). The first-order valence-corrected chi connectivity index (χ1v) is 8.59. The molecule has 6 heteroatoms. The average molecular weight is 391 g/mol. The van der Waals surface area contributed by atoms with Crippen LogP contribution in [0.3, 0.4) is 0 Å². The molecule has 1 heterocycles. The smallest absolute Gasteiger partial charge is 0.175 e. The fourth-order valence-electron chi connectivity index (χ4n) is 1.90. The lowest BCUT2D eigenvalue weighted by Gasteiger charge is -2.15. The van der Waals surface area contributed by atoms with Crippen LogP contribution in [0.5, 0.6) is 11.5 Å². The van der Waals surface area contributed by atoms with E-state index < -0.39 is 0 Å². The van der Waals surface area contributed by atoms with Crippen molar-refractivity contribution in [2.75, 3.05) is 13.7 Å². The Kier molecular flexibility index (Phi) is 6.36. The molecule has 3 nitrogen and oxygen atoms in total. The van der Waals surface area contributed by atoms with E-state index in [1.807, 2.05) is 38.2 Å². The molecule has 1 N–H and O–H groups in total. The first-order valence-electron chi connectivity index (χ1n) is 6.60. The standard InChI is InChI=1S/C15H17BrClNO2S/c1-3-19-13-7-10(8-18-2)6-12(16)15(13)20-9-11-4-5-14(17)21-11/h4-7,18H,3,8-9H2,1-2H3. The van der Waals surface area contributed by atoms with Crippen LogP contribution in [0.2, 0.25) is 4.34 Å². The second kappa shape index (κ2) is 8.03. The molecule has 0 bridgehead atoms. The largest absolute Gasteiger partial charge is 0.490 e. The topological polar surface area (TPSA) is 30.5 Å². The Morgan fingerprint density at radius 3 is 2.71 bits per heavy atom. The third-order valence-corrected chi connectivity index (χ3v) is 4.53. The van der Waals surface area contributed by atoms with E-state index >= 15 is 0 Å². The highest BCUT2D eigenvalue weighted by Gasteiger charge is 2.13. The highest BCUT2D eigenvalue weighted by molar-refractivity contribution is 9.10. The molecule has 0 saturated carbocycles. The molecule has 1 aromatic heterocycles. The van der Waals surface area contributed by atoms with Gasteiger partial charge in [-0.3, -0.25) is 0 Å². The number of halogens is 2. The molecule has 1 aromatic carbocycles. The third kappa shape index (κ3) is 4.61. The molecule has 0 atom stereocenters. The maximum absolute atomic E-state index is 5.93. The van der Waals surface area contributed by atoms with Gasteiger partial charge in [-0.1, -0.05) is 11.6 Å². The van der Waals surface area contributed by atoms with Crippen LogP contribution in [0.4, 0.5) is 0 Å². The number of hydrogen-bond acceptors (Lipinski definition) is 4. The molecular weight excluding hydrogens is 374 g/mol. The molecule has 0 fully saturated rings. The van der Waals surface area contributed by atoms with E-state index in [2.05, 4.69) is 21.2 Å². The van der Waals surface area contributed by atoms with Gasteiger partial charge in [-0.15, -0.1) is 11.3 Å². The molecular formula is C15H17BrClNO2S. The van der Waals surface area contributed by atoms with Crippen LogP contribution in [0.25, 0.3) is 0 Å². The van der Waals surface area contributed by atoms with Gasteiger partial charge in [-0.2, -0.15) is 0 Å². The van der Waals surface area contributed by atoms with Gasteiger partial charge in [0.25, 0.3) is 0 Å². The number of benzene rings is 1. The molecule has 0 saturated heterocycles. The zero-order chi connectivity index (χ0) is 15.2. The summed E-state index contributed by atoms with van der Waals surface area (Å²) in [4.78, 5) is 1.08. The van der Waals surface area contributed by atoms with Gasteiger partial charge in [0.05, 0.1) is 15.4 Å². The zero-order valence-electron chi connectivity index (χ0n) is 11.9. The maximum Gasteiger partial charge on any atom is 0.175 e. The fraction of sp³-hybridized carbons (Fsp3) is 0.333. The van der Waals surface area contributed by atoms with Crippen LogP contribution < -0.4 is 14.8 Å². The minimum Gasteiger partial charge on any atom is -0.490 e. The first-order chi connectivity index (χ1) is 10.1. The van der Waals surface area contributed by atoms with Crippen LogP contribution in [-0.4, -0.2) is 13.7 Å². The van der Waals surface area contributed by atoms with Crippen LogP contribution >= 0.6 is 38.9 Å². The summed E-state index contributed by atoms with van der Waals surface area (Å²) in [6.07, 6.45) is 0. The van der Waals surface area contributed by atoms with Gasteiger partial charge in [0, 0.05) is 11.4 Å². The predicted octanol–water partition coefficient (Wildman–Crippen LogP) is 4.86. The van der Waals surface area contributed by atoms with Crippen molar-refractivity contribution < 1.29 is 9.47 Å². The van der Waals surface area contributed by atoms with Crippen molar-refractivity contribution in [3.8, 4) is 11.5 Å². The Balaban J connectivity index is 2.19. The van der Waals surface area contributed by atoms with Gasteiger partial charge in [0.1, 0.15) is 6.61 Å². The van der Waals surface area contributed by atoms with Crippen LogP contribution in [0.1, 0.15) is 17.4 Å². The second-order valence-corrected chi connectivity index (χ2v) is 7.02. The molecule has 2 aromatic rings. The van der Waals surface area contributed by atoms with Crippen molar-refractivity contribution in [1.82, 2.24) is 5.32 Å². The Morgan fingerprint density at radius 2 is 2.10 bits per heavy atom. The minimum atomic E-state index is 0.474. The Labute approximate surface area is 142 Å². The Bertz CT molecular complexity index is 603. The van der Waals surface area contributed by atoms with E-state index in [0.717, 1.165) is 37.3 Å². The van der Waals surface area contributed by atoms with Crippen LogP contribution in [-0.2, 0) is 13.2 Å². The summed E-state index contributed by atoms with van der Waals surface area (Å²) in [6, 6.07) is 7.88. The summed E-state index contributed by atoms with van der Waals surface area (Å²) >= 11 is 11.0. The molecule has 0 aliphatic rings. The number of ether oxygens (including phenoxy) is 2. The first kappa shape index (κ1) is 16.6. The molecule has 0 unspecified atom stereocenters. The lowest BCUT2D eigenvalue weighted by Crippen LogP contribution is -2.06. The fourth-order valence-corrected chi connectivity index (χ4v) is 3.51. The maximum atomic E-state index is 5.93. The summed E-state index contributed by atoms with van der Waals surface area (Å²) in [6.45, 7) is 3.80. The summed E-state index contributed by atoms with van der Waals surface area (Å²) in [5, 5.41) is 3.13. The molecule has 0 amide bonds. The van der Waals surface area contributed by atoms with E-state index in [-0.39, 0.29) is 0 Å². The minimum absolute atomic E-state index is 0.474. The van der Waals surface area contributed by atoms with Gasteiger partial charge in [-0.25, -0.2) is 0 Å². The number of nitrogens with one attached hydrogen (secondary N) is 1. The lowest BCUT2D eigenvalue weighted by molar-refractivity contribution is 0.269. The number of thiophene rings is 1. The van der Waals surface area contributed by atoms with Crippen molar-refractivity contribution >= 4 is 38.9 Å². The van der Waals surface area contributed by atoms with Gasteiger partial charge >= 0.3 is 0 Å². The highest BCUT2D eigenvalue weighted by Crippen LogP contribution is 2.38. The molecule has 0 spiro atoms. The summed E-state index contributed by atoms with van der Waals surface area (Å²) in [5.41, 5.74) is 1.14. The van der Waals surface area contributed by atoms with Crippen LogP contribution in [0.15, 0.2) is 28.7 Å². The molecule has 114 valence electrons. The van der Waals surface area contributed by atoms with Crippen molar-refractivity contribution in [1.29, 1.82) is 0 Å². The van der Waals surface area contributed by atoms with Crippen LogP contribution in [0, 0.1) is 0 Å². The van der Waals surface area contributed by atoms with Crippen molar-refractivity contribution in [3.05, 3.63) is 43.5 Å². The highest BCUT2D eigenvalue weighted by atomic mass is 79.9. The third-order valence-electron chi connectivity index (χ3n) is 2.74. The Hall–Kier alpha value is -0.750. The molecule has 0 radical (unpaired) electrons. The summed E-state index contributed by atoms with van der Waals surface area (Å²) < 4.78 is 13.3. The summed E-state index contributed by atoms with van der Waals surface area (Å²) in [5.74, 6) is 1.47. The van der Waals surface area contributed by atoms with Gasteiger partial charge in [0.15, 0.2) is 11.5 Å². The normalized spacial score (nSPS) is 10.7. The quantitative estimate of drug-likeness (QED) is 0.732. The number of rotatable bonds is 7. The Morgan fingerprint density at radius 1 is 1.29 bits per heavy atom.